The lowest BCUT2D eigenvalue weighted by Gasteiger charge is -2.05. The van der Waals surface area contributed by atoms with Crippen LogP contribution in [0, 0.1) is 5.82 Å². The molecule has 18 heavy (non-hydrogen) atoms. The van der Waals surface area contributed by atoms with Crippen LogP contribution in [0.4, 0.5) is 4.39 Å². The first-order valence-corrected chi connectivity index (χ1v) is 5.74. The Hall–Kier alpha value is -2.16. The molecule has 0 bridgehead atoms. The maximum absolute atomic E-state index is 12.9. The van der Waals surface area contributed by atoms with Crippen molar-refractivity contribution in [3.05, 3.63) is 65.6 Å². The molecule has 0 aliphatic heterocycles. The molecule has 3 heteroatoms. The van der Waals surface area contributed by atoms with Crippen LogP contribution in [0.3, 0.4) is 0 Å². The van der Waals surface area contributed by atoms with Crippen LogP contribution < -0.4 is 4.74 Å². The van der Waals surface area contributed by atoms with E-state index in [1.54, 1.807) is 0 Å². The fourth-order valence-corrected chi connectivity index (χ4v) is 1.54. The SMILES string of the molecule is C/C=C/c1ccc(COc2cc(F)ccn2)cc1. The Morgan fingerprint density at radius 3 is 2.67 bits per heavy atom. The summed E-state index contributed by atoms with van der Waals surface area (Å²) in [4.78, 5) is 3.93. The fraction of sp³-hybridized carbons (Fsp3) is 0.133. The third-order valence-corrected chi connectivity index (χ3v) is 2.42. The van der Waals surface area contributed by atoms with E-state index in [2.05, 4.69) is 4.98 Å². The number of benzene rings is 1. The largest absolute Gasteiger partial charge is 0.473 e. The standard InChI is InChI=1S/C15H14FNO/c1-2-3-12-4-6-13(7-5-12)11-18-15-10-14(16)8-9-17-15/h2-10H,11H2,1H3/b3-2+. The molecule has 0 atom stereocenters. The molecular weight excluding hydrogens is 229 g/mol. The van der Waals surface area contributed by atoms with Gasteiger partial charge in [0.05, 0.1) is 0 Å². The molecule has 0 spiro atoms. The molecule has 0 amide bonds. The van der Waals surface area contributed by atoms with Crippen molar-refractivity contribution in [2.75, 3.05) is 0 Å². The summed E-state index contributed by atoms with van der Waals surface area (Å²) in [5.41, 5.74) is 2.17. The van der Waals surface area contributed by atoms with Gasteiger partial charge in [0, 0.05) is 12.3 Å². The number of nitrogens with zero attached hydrogens (tertiary/aromatic N) is 1. The van der Waals surface area contributed by atoms with Crippen molar-refractivity contribution in [2.45, 2.75) is 13.5 Å². The third kappa shape index (κ3) is 3.42. The van der Waals surface area contributed by atoms with Gasteiger partial charge in [-0.1, -0.05) is 36.4 Å². The normalized spacial score (nSPS) is 10.8. The molecule has 92 valence electrons. The molecule has 0 aliphatic carbocycles. The summed E-state index contributed by atoms with van der Waals surface area (Å²) in [6, 6.07) is 10.5. The zero-order valence-corrected chi connectivity index (χ0v) is 10.1. The maximum atomic E-state index is 12.9. The van der Waals surface area contributed by atoms with Crippen LogP contribution in [0.2, 0.25) is 0 Å². The molecule has 0 N–H and O–H groups in total. The molecule has 0 fully saturated rings. The molecule has 1 aromatic heterocycles. The predicted octanol–water partition coefficient (Wildman–Crippen LogP) is 3.83. The lowest BCUT2D eigenvalue weighted by atomic mass is 10.1. The van der Waals surface area contributed by atoms with Crippen LogP contribution in [-0.4, -0.2) is 4.98 Å². The highest BCUT2D eigenvalue weighted by atomic mass is 19.1. The highest BCUT2D eigenvalue weighted by molar-refractivity contribution is 5.49. The summed E-state index contributed by atoms with van der Waals surface area (Å²) in [7, 11) is 0. The summed E-state index contributed by atoms with van der Waals surface area (Å²) in [5.74, 6) is -0.0454. The molecule has 0 unspecified atom stereocenters. The molecule has 2 aromatic rings. The summed E-state index contributed by atoms with van der Waals surface area (Å²) >= 11 is 0. The van der Waals surface area contributed by atoms with Gasteiger partial charge in [0.15, 0.2) is 0 Å². The summed E-state index contributed by atoms with van der Waals surface area (Å²) in [6.07, 6.45) is 5.40. The maximum Gasteiger partial charge on any atom is 0.216 e. The van der Waals surface area contributed by atoms with Gasteiger partial charge >= 0.3 is 0 Å². The number of pyridine rings is 1. The second-order valence-corrected chi connectivity index (χ2v) is 3.84. The highest BCUT2D eigenvalue weighted by Gasteiger charge is 1.98. The monoisotopic (exact) mass is 243 g/mol. The minimum atomic E-state index is -0.344. The molecule has 1 aromatic carbocycles. The van der Waals surface area contributed by atoms with E-state index >= 15 is 0 Å². The van der Waals surface area contributed by atoms with Crippen LogP contribution in [-0.2, 0) is 6.61 Å². The van der Waals surface area contributed by atoms with Gasteiger partial charge in [-0.3, -0.25) is 0 Å². The van der Waals surface area contributed by atoms with Gasteiger partial charge in [-0.15, -0.1) is 0 Å². The lowest BCUT2D eigenvalue weighted by Crippen LogP contribution is -1.97. The summed E-state index contributed by atoms with van der Waals surface area (Å²) in [6.45, 7) is 2.36. The van der Waals surface area contributed by atoms with Gasteiger partial charge in [0.25, 0.3) is 0 Å². The molecule has 0 saturated carbocycles. The summed E-state index contributed by atoms with van der Waals surface area (Å²) < 4.78 is 18.3. The van der Waals surface area contributed by atoms with Crippen LogP contribution in [0.1, 0.15) is 18.1 Å². The molecule has 2 nitrogen and oxygen atoms in total. The quantitative estimate of drug-likeness (QED) is 0.814. The van der Waals surface area contributed by atoms with Gasteiger partial charge in [-0.05, 0) is 24.1 Å². The Morgan fingerprint density at radius 2 is 2.00 bits per heavy atom. The van der Waals surface area contributed by atoms with E-state index in [1.165, 1.54) is 18.3 Å². The van der Waals surface area contributed by atoms with Crippen LogP contribution in [0.5, 0.6) is 5.88 Å². The Morgan fingerprint density at radius 1 is 1.22 bits per heavy atom. The van der Waals surface area contributed by atoms with E-state index in [0.717, 1.165) is 11.1 Å². The Kier molecular flexibility index (Phi) is 4.07. The van der Waals surface area contributed by atoms with E-state index in [9.17, 15) is 4.39 Å². The topological polar surface area (TPSA) is 22.1 Å². The Balaban J connectivity index is 1.98. The second kappa shape index (κ2) is 5.96. The number of ether oxygens (including phenoxy) is 1. The zero-order chi connectivity index (χ0) is 12.8. The molecular formula is C15H14FNO. The minimum absolute atomic E-state index is 0.299. The Bertz CT molecular complexity index is 534. The van der Waals surface area contributed by atoms with Gasteiger partial charge in [0.2, 0.25) is 5.88 Å². The number of halogens is 1. The average molecular weight is 243 g/mol. The number of hydrogen-bond donors (Lipinski definition) is 0. The van der Waals surface area contributed by atoms with E-state index < -0.39 is 0 Å². The fourth-order valence-electron chi connectivity index (χ4n) is 1.54. The first-order valence-electron chi connectivity index (χ1n) is 5.74. The van der Waals surface area contributed by atoms with Gasteiger partial charge < -0.3 is 4.74 Å². The van der Waals surface area contributed by atoms with Crippen molar-refractivity contribution in [3.63, 3.8) is 0 Å². The van der Waals surface area contributed by atoms with E-state index in [1.807, 2.05) is 43.3 Å². The molecule has 2 rings (SSSR count). The van der Waals surface area contributed by atoms with Gasteiger partial charge in [0.1, 0.15) is 12.4 Å². The van der Waals surface area contributed by atoms with Crippen molar-refractivity contribution < 1.29 is 9.13 Å². The predicted molar refractivity (Wildman–Crippen MR) is 69.7 cm³/mol. The van der Waals surface area contributed by atoms with Crippen LogP contribution >= 0.6 is 0 Å². The van der Waals surface area contributed by atoms with Crippen molar-refractivity contribution >= 4 is 6.08 Å². The molecule has 0 saturated heterocycles. The average Bonchev–Trinajstić information content (AvgIpc) is 2.38. The van der Waals surface area contributed by atoms with Crippen molar-refractivity contribution in [1.29, 1.82) is 0 Å². The highest BCUT2D eigenvalue weighted by Crippen LogP contribution is 2.12. The number of hydrogen-bond acceptors (Lipinski definition) is 2. The smallest absolute Gasteiger partial charge is 0.216 e. The third-order valence-electron chi connectivity index (χ3n) is 2.42. The minimum Gasteiger partial charge on any atom is -0.473 e. The number of allylic oxidation sites excluding steroid dienone is 1. The molecule has 0 radical (unpaired) electrons. The summed E-state index contributed by atoms with van der Waals surface area (Å²) in [5, 5.41) is 0. The lowest BCUT2D eigenvalue weighted by molar-refractivity contribution is 0.292. The zero-order valence-electron chi connectivity index (χ0n) is 10.1. The van der Waals surface area contributed by atoms with E-state index in [-0.39, 0.29) is 5.82 Å². The van der Waals surface area contributed by atoms with E-state index in [4.69, 9.17) is 4.74 Å². The van der Waals surface area contributed by atoms with Crippen molar-refractivity contribution in [2.24, 2.45) is 0 Å². The van der Waals surface area contributed by atoms with Crippen molar-refractivity contribution in [3.8, 4) is 5.88 Å². The Labute approximate surface area is 106 Å². The van der Waals surface area contributed by atoms with Crippen LogP contribution in [0.25, 0.3) is 6.08 Å². The second-order valence-electron chi connectivity index (χ2n) is 3.84. The van der Waals surface area contributed by atoms with Gasteiger partial charge in [-0.2, -0.15) is 0 Å². The van der Waals surface area contributed by atoms with Crippen molar-refractivity contribution in [1.82, 2.24) is 4.98 Å². The molecule has 1 heterocycles. The first-order chi connectivity index (χ1) is 8.78. The van der Waals surface area contributed by atoms with Gasteiger partial charge in [-0.25, -0.2) is 9.37 Å². The van der Waals surface area contributed by atoms with Crippen LogP contribution in [0.15, 0.2) is 48.7 Å². The number of aromatic nitrogens is 1. The first kappa shape index (κ1) is 12.3. The number of rotatable bonds is 4. The van der Waals surface area contributed by atoms with E-state index in [0.29, 0.717) is 12.5 Å². The molecule has 0 aliphatic rings.